The molecule has 0 saturated heterocycles. The summed E-state index contributed by atoms with van der Waals surface area (Å²) in [6.45, 7) is 3.29. The van der Waals surface area contributed by atoms with E-state index in [0.717, 1.165) is 11.3 Å². The minimum atomic E-state index is -0.359. The molecule has 1 heterocycles. The Morgan fingerprint density at radius 1 is 0.925 bits per heavy atom. The zero-order valence-corrected chi connectivity index (χ0v) is 23.3. The molecule has 0 saturated carbocycles. The molecule has 1 N–H and O–H groups in total. The van der Waals surface area contributed by atoms with E-state index in [0.29, 0.717) is 48.4 Å². The maximum Gasteiger partial charge on any atom is 0.254 e. The van der Waals surface area contributed by atoms with Crippen molar-refractivity contribution in [2.45, 2.75) is 6.92 Å². The highest BCUT2D eigenvalue weighted by Crippen LogP contribution is 2.26. The topological polar surface area (TPSA) is 88.9 Å². The van der Waals surface area contributed by atoms with Gasteiger partial charge in [0.1, 0.15) is 18.0 Å². The molecule has 0 fully saturated rings. The van der Waals surface area contributed by atoms with Crippen molar-refractivity contribution in [3.8, 4) is 28.4 Å². The van der Waals surface area contributed by atoms with E-state index in [9.17, 15) is 9.59 Å². The Kier molecular flexibility index (Phi) is 9.53. The van der Waals surface area contributed by atoms with E-state index in [1.165, 1.54) is 4.90 Å². The van der Waals surface area contributed by atoms with E-state index in [1.807, 2.05) is 91.3 Å². The minimum absolute atomic E-state index is 0.142. The highest BCUT2D eigenvalue weighted by atomic mass is 16.5. The van der Waals surface area contributed by atoms with Gasteiger partial charge in [-0.1, -0.05) is 42.5 Å². The first-order valence-corrected chi connectivity index (χ1v) is 13.1. The second-order valence-electron chi connectivity index (χ2n) is 9.43. The number of likely N-dealkylation sites (N-methyl/N-ethyl adjacent to an activating group) is 1. The molecule has 0 aliphatic heterocycles. The van der Waals surface area contributed by atoms with E-state index in [4.69, 9.17) is 14.5 Å². The normalized spacial score (nSPS) is 10.8. The fourth-order valence-electron chi connectivity index (χ4n) is 4.15. The highest BCUT2D eigenvalue weighted by molar-refractivity contribution is 5.99. The predicted molar refractivity (Wildman–Crippen MR) is 156 cm³/mol. The van der Waals surface area contributed by atoms with Crippen molar-refractivity contribution in [1.82, 2.24) is 19.4 Å². The van der Waals surface area contributed by atoms with E-state index < -0.39 is 0 Å². The van der Waals surface area contributed by atoms with E-state index >= 15 is 0 Å². The average molecular weight is 542 g/mol. The number of nitrogens with one attached hydrogen (secondary N) is 1. The van der Waals surface area contributed by atoms with E-state index in [-0.39, 0.29) is 18.4 Å². The number of carbonyl (C=O) groups is 2. The Morgan fingerprint density at radius 3 is 2.40 bits per heavy atom. The van der Waals surface area contributed by atoms with Crippen molar-refractivity contribution in [2.24, 2.45) is 0 Å². The molecule has 9 nitrogen and oxygen atoms in total. The Morgan fingerprint density at radius 2 is 1.68 bits per heavy atom. The lowest BCUT2D eigenvalue weighted by atomic mass is 10.2. The van der Waals surface area contributed by atoms with Crippen molar-refractivity contribution in [3.05, 3.63) is 90.6 Å². The van der Waals surface area contributed by atoms with Gasteiger partial charge in [0.2, 0.25) is 11.9 Å². The second-order valence-corrected chi connectivity index (χ2v) is 9.43. The molecule has 40 heavy (non-hydrogen) atoms. The summed E-state index contributed by atoms with van der Waals surface area (Å²) in [5.41, 5.74) is 2.85. The third kappa shape index (κ3) is 7.27. The Hall–Kier alpha value is -4.63. The molecule has 2 amide bonds. The van der Waals surface area contributed by atoms with Crippen LogP contribution in [0.1, 0.15) is 17.3 Å². The van der Waals surface area contributed by atoms with Crippen LogP contribution >= 0.6 is 0 Å². The summed E-state index contributed by atoms with van der Waals surface area (Å²) >= 11 is 0. The van der Waals surface area contributed by atoms with Gasteiger partial charge in [0.15, 0.2) is 0 Å². The molecule has 0 atom stereocenters. The molecule has 4 rings (SSSR count). The lowest BCUT2D eigenvalue weighted by molar-refractivity contribution is -0.117. The molecule has 4 aromatic rings. The molecule has 208 valence electrons. The smallest absolute Gasteiger partial charge is 0.254 e. The summed E-state index contributed by atoms with van der Waals surface area (Å²) < 4.78 is 12.8. The molecule has 9 heteroatoms. The van der Waals surface area contributed by atoms with Gasteiger partial charge in [-0.25, -0.2) is 4.98 Å². The number of aromatic nitrogens is 2. The Labute approximate surface area is 235 Å². The molecular weight excluding hydrogens is 506 g/mol. The molecule has 0 aliphatic carbocycles. The molecule has 1 aromatic heterocycles. The van der Waals surface area contributed by atoms with Gasteiger partial charge in [0.05, 0.1) is 25.1 Å². The molecule has 0 bridgehead atoms. The van der Waals surface area contributed by atoms with Crippen molar-refractivity contribution in [2.75, 3.05) is 52.8 Å². The number of imidazole rings is 1. The summed E-state index contributed by atoms with van der Waals surface area (Å²) in [6, 6.07) is 24.3. The van der Waals surface area contributed by atoms with Crippen molar-refractivity contribution >= 4 is 17.8 Å². The van der Waals surface area contributed by atoms with Crippen LogP contribution < -0.4 is 14.8 Å². The molecule has 3 aromatic carbocycles. The van der Waals surface area contributed by atoms with Crippen LogP contribution in [0.5, 0.6) is 11.5 Å². The van der Waals surface area contributed by atoms with Crippen molar-refractivity contribution < 1.29 is 19.1 Å². The quantitative estimate of drug-likeness (QED) is 0.282. The third-order valence-electron chi connectivity index (χ3n) is 6.19. The van der Waals surface area contributed by atoms with E-state index in [2.05, 4.69) is 5.32 Å². The summed E-state index contributed by atoms with van der Waals surface area (Å²) in [6.07, 6.45) is 1.88. The largest absolute Gasteiger partial charge is 0.497 e. The van der Waals surface area contributed by atoms with Crippen LogP contribution in [0.4, 0.5) is 5.95 Å². The predicted octanol–water partition coefficient (Wildman–Crippen LogP) is 4.59. The first kappa shape index (κ1) is 28.4. The second kappa shape index (κ2) is 13.4. The van der Waals surface area contributed by atoms with Gasteiger partial charge < -0.3 is 19.3 Å². The molecular formula is C31H35N5O4. The number of hydrogen-bond donors (Lipinski definition) is 1. The summed E-state index contributed by atoms with van der Waals surface area (Å²) in [5.74, 6) is 1.02. The molecule has 0 radical (unpaired) electrons. The zero-order valence-electron chi connectivity index (χ0n) is 23.3. The lowest BCUT2D eigenvalue weighted by Gasteiger charge is -2.24. The fourth-order valence-corrected chi connectivity index (χ4v) is 4.15. The number of methoxy groups -OCH3 is 1. The third-order valence-corrected chi connectivity index (χ3v) is 6.19. The van der Waals surface area contributed by atoms with E-state index in [1.54, 1.807) is 31.4 Å². The number of rotatable bonds is 12. The number of ether oxygens (including phenoxy) is 2. The van der Waals surface area contributed by atoms with Crippen LogP contribution in [0.25, 0.3) is 16.9 Å². The summed E-state index contributed by atoms with van der Waals surface area (Å²) in [4.78, 5) is 35.1. The van der Waals surface area contributed by atoms with Gasteiger partial charge >= 0.3 is 0 Å². The van der Waals surface area contributed by atoms with Crippen LogP contribution in [-0.2, 0) is 4.79 Å². The molecule has 0 unspecified atom stereocenters. The Balaban J connectivity index is 1.62. The molecule has 0 aliphatic rings. The van der Waals surface area contributed by atoms with Gasteiger partial charge in [-0.05, 0) is 51.4 Å². The number of nitrogens with zero attached hydrogens (tertiary/aromatic N) is 4. The summed E-state index contributed by atoms with van der Waals surface area (Å²) in [7, 11) is 5.40. The highest BCUT2D eigenvalue weighted by Gasteiger charge is 2.21. The van der Waals surface area contributed by atoms with Crippen molar-refractivity contribution in [3.63, 3.8) is 0 Å². The average Bonchev–Trinajstić information content (AvgIpc) is 3.39. The van der Waals surface area contributed by atoms with Crippen LogP contribution in [0.3, 0.4) is 0 Å². The van der Waals surface area contributed by atoms with Crippen molar-refractivity contribution in [1.29, 1.82) is 0 Å². The lowest BCUT2D eigenvalue weighted by Crippen LogP contribution is -2.41. The monoisotopic (exact) mass is 541 g/mol. The Bertz CT molecular complexity index is 1430. The number of hydrogen-bond acceptors (Lipinski definition) is 6. The number of amides is 2. The minimum Gasteiger partial charge on any atom is -0.497 e. The standard InChI is InChI=1S/C31H35N5O4/c1-5-40-27-16-10-14-25(20-27)36-21-28(23-11-7-6-8-12-23)32-31(36)33-29(37)22-35(18-17-34(2)3)30(38)24-13-9-15-26(19-24)39-4/h6-16,19-21H,5,17-18,22H2,1-4H3,(H,32,33,37). The zero-order chi connectivity index (χ0) is 28.5. The van der Waals surface area contributed by atoms with Crippen LogP contribution in [0.15, 0.2) is 85.1 Å². The van der Waals surface area contributed by atoms with Gasteiger partial charge in [0, 0.05) is 36.5 Å². The van der Waals surface area contributed by atoms with Crippen LogP contribution in [0, 0.1) is 0 Å². The summed E-state index contributed by atoms with van der Waals surface area (Å²) in [5, 5.41) is 2.94. The number of anilines is 1. The fraction of sp³-hybridized carbons (Fsp3) is 0.258. The van der Waals surface area contributed by atoms with Gasteiger partial charge in [-0.15, -0.1) is 0 Å². The molecule has 0 spiro atoms. The van der Waals surface area contributed by atoms with Gasteiger partial charge in [0.25, 0.3) is 5.91 Å². The van der Waals surface area contributed by atoms with Gasteiger partial charge in [-0.3, -0.25) is 19.5 Å². The maximum absolute atomic E-state index is 13.4. The first-order valence-electron chi connectivity index (χ1n) is 13.1. The SMILES string of the molecule is CCOc1cccc(-n2cc(-c3ccccc3)nc2NC(=O)CN(CCN(C)C)C(=O)c2cccc(OC)c2)c1. The maximum atomic E-state index is 13.4. The van der Waals surface area contributed by atoms with Crippen LogP contribution in [0.2, 0.25) is 0 Å². The van der Waals surface area contributed by atoms with Gasteiger partial charge in [-0.2, -0.15) is 0 Å². The van der Waals surface area contributed by atoms with Crippen LogP contribution in [-0.4, -0.2) is 78.6 Å². The number of carbonyl (C=O) groups excluding carboxylic acids is 2. The number of benzene rings is 3. The first-order chi connectivity index (χ1) is 19.4.